The molecule has 0 saturated heterocycles. The average molecular weight is 614 g/mol. The number of nitro benzene ring substituents is 1. The van der Waals surface area contributed by atoms with E-state index in [0.717, 1.165) is 36.6 Å². The molecule has 0 radical (unpaired) electrons. The first kappa shape index (κ1) is 27.0. The number of hydrogen-bond donors (Lipinski definition) is 0. The fourth-order valence-electron chi connectivity index (χ4n) is 4.72. The molecule has 1 saturated carbocycles. The lowest BCUT2D eigenvalue weighted by molar-refractivity contribution is -0.385. The van der Waals surface area contributed by atoms with E-state index in [2.05, 4.69) is 21.0 Å². The van der Waals surface area contributed by atoms with Crippen molar-refractivity contribution in [2.24, 2.45) is 5.10 Å². The number of halogens is 3. The maximum atomic E-state index is 13.5. The summed E-state index contributed by atoms with van der Waals surface area (Å²) in [6.07, 6.45) is 6.40. The smallest absolute Gasteiger partial charge is 0.313 e. The Morgan fingerprint density at radius 2 is 1.90 bits per heavy atom. The Hall–Kier alpha value is -3.63. The molecule has 11 heteroatoms. The number of hydrogen-bond acceptors (Lipinski definition) is 6. The number of nitro groups is 1. The Labute approximate surface area is 236 Å². The number of rotatable bonds is 7. The Morgan fingerprint density at radius 3 is 2.62 bits per heavy atom. The van der Waals surface area contributed by atoms with Crippen LogP contribution in [0.4, 0.5) is 10.1 Å². The molecule has 0 unspecified atom stereocenters. The zero-order valence-electron chi connectivity index (χ0n) is 20.6. The zero-order valence-corrected chi connectivity index (χ0v) is 23.0. The summed E-state index contributed by atoms with van der Waals surface area (Å²) in [6.45, 7) is -0.0350. The van der Waals surface area contributed by atoms with Gasteiger partial charge in [-0.05, 0) is 54.8 Å². The van der Waals surface area contributed by atoms with Crippen molar-refractivity contribution in [2.75, 3.05) is 0 Å². The predicted molar refractivity (Wildman–Crippen MR) is 151 cm³/mol. The third-order valence-corrected chi connectivity index (χ3v) is 7.44. The second-order valence-corrected chi connectivity index (χ2v) is 10.7. The minimum Gasteiger partial charge on any atom is -0.481 e. The number of nitrogens with zero attached hydrogens (tertiary/aromatic N) is 4. The zero-order chi connectivity index (χ0) is 27.5. The van der Waals surface area contributed by atoms with Gasteiger partial charge in [0.15, 0.2) is 0 Å². The van der Waals surface area contributed by atoms with Gasteiger partial charge in [-0.1, -0.05) is 58.9 Å². The quantitative estimate of drug-likeness (QED) is 0.123. The summed E-state index contributed by atoms with van der Waals surface area (Å²) in [5.41, 5.74) is 0.857. The number of aromatic nitrogens is 2. The van der Waals surface area contributed by atoms with Crippen LogP contribution in [-0.2, 0) is 6.61 Å². The summed E-state index contributed by atoms with van der Waals surface area (Å²) in [5, 5.41) is 16.7. The van der Waals surface area contributed by atoms with E-state index >= 15 is 0 Å². The van der Waals surface area contributed by atoms with Crippen LogP contribution < -0.4 is 10.3 Å². The largest absolute Gasteiger partial charge is 0.481 e. The summed E-state index contributed by atoms with van der Waals surface area (Å²) in [6, 6.07) is 13.7. The second kappa shape index (κ2) is 11.6. The SMILES string of the molecule is O=c1c2cc(Br)ccc2nc(C2CCCCC2)n1N=Cc1cc(Cl)c(OCc2ccc(F)cc2)c([N+](=O)[O-])c1. The van der Waals surface area contributed by atoms with Gasteiger partial charge in [0.05, 0.1) is 27.1 Å². The van der Waals surface area contributed by atoms with Gasteiger partial charge in [-0.15, -0.1) is 0 Å². The van der Waals surface area contributed by atoms with Crippen LogP contribution in [-0.4, -0.2) is 20.8 Å². The summed E-state index contributed by atoms with van der Waals surface area (Å²) in [4.78, 5) is 29.6. The summed E-state index contributed by atoms with van der Waals surface area (Å²) in [7, 11) is 0. The molecule has 3 aromatic carbocycles. The predicted octanol–water partition coefficient (Wildman–Crippen LogP) is 7.37. The van der Waals surface area contributed by atoms with E-state index in [1.807, 2.05) is 6.07 Å². The van der Waals surface area contributed by atoms with Crippen LogP contribution in [0.15, 0.2) is 69.0 Å². The van der Waals surface area contributed by atoms with E-state index in [4.69, 9.17) is 21.3 Å². The van der Waals surface area contributed by atoms with Crippen LogP contribution >= 0.6 is 27.5 Å². The topological polar surface area (TPSA) is 99.6 Å². The third kappa shape index (κ3) is 6.02. The average Bonchev–Trinajstić information content (AvgIpc) is 2.93. The molecule has 1 heterocycles. The van der Waals surface area contributed by atoms with Gasteiger partial charge < -0.3 is 4.74 Å². The molecule has 0 N–H and O–H groups in total. The minimum absolute atomic E-state index is 0.00757. The van der Waals surface area contributed by atoms with Gasteiger partial charge in [-0.3, -0.25) is 14.9 Å². The summed E-state index contributed by atoms with van der Waals surface area (Å²) < 4.78 is 20.9. The van der Waals surface area contributed by atoms with Crippen LogP contribution in [0.1, 0.15) is 55.0 Å². The Bertz CT molecular complexity index is 1640. The molecule has 0 amide bonds. The van der Waals surface area contributed by atoms with Crippen molar-refractivity contribution in [3.63, 3.8) is 0 Å². The number of ether oxygens (including phenoxy) is 1. The van der Waals surface area contributed by atoms with E-state index in [1.54, 1.807) is 12.1 Å². The molecular formula is C28H23BrClFN4O4. The van der Waals surface area contributed by atoms with E-state index in [-0.39, 0.29) is 34.5 Å². The number of fused-ring (bicyclic) bond motifs is 1. The molecular weight excluding hydrogens is 591 g/mol. The van der Waals surface area contributed by atoms with Crippen molar-refractivity contribution < 1.29 is 14.1 Å². The van der Waals surface area contributed by atoms with Gasteiger partial charge in [-0.25, -0.2) is 9.37 Å². The first-order valence-electron chi connectivity index (χ1n) is 12.4. The molecule has 0 spiro atoms. The normalized spacial score (nSPS) is 14.2. The molecule has 1 aromatic heterocycles. The molecule has 5 rings (SSSR count). The summed E-state index contributed by atoms with van der Waals surface area (Å²) >= 11 is 9.80. The molecule has 4 aromatic rings. The highest BCUT2D eigenvalue weighted by atomic mass is 79.9. The van der Waals surface area contributed by atoms with E-state index in [9.17, 15) is 19.3 Å². The van der Waals surface area contributed by atoms with Gasteiger partial charge in [0, 0.05) is 22.0 Å². The molecule has 39 heavy (non-hydrogen) atoms. The maximum Gasteiger partial charge on any atom is 0.313 e. The van der Waals surface area contributed by atoms with Crippen LogP contribution in [0.2, 0.25) is 5.02 Å². The number of benzene rings is 3. The van der Waals surface area contributed by atoms with E-state index in [1.165, 1.54) is 47.3 Å². The van der Waals surface area contributed by atoms with Crippen LogP contribution in [0.25, 0.3) is 10.9 Å². The van der Waals surface area contributed by atoms with Gasteiger partial charge in [0.1, 0.15) is 18.2 Å². The van der Waals surface area contributed by atoms with Gasteiger partial charge in [0.25, 0.3) is 5.56 Å². The van der Waals surface area contributed by atoms with E-state index in [0.29, 0.717) is 27.9 Å². The molecule has 1 aliphatic carbocycles. The van der Waals surface area contributed by atoms with Crippen molar-refractivity contribution in [3.05, 3.63) is 107 Å². The molecule has 8 nitrogen and oxygen atoms in total. The molecule has 0 atom stereocenters. The third-order valence-electron chi connectivity index (χ3n) is 6.67. The van der Waals surface area contributed by atoms with Crippen molar-refractivity contribution in [1.29, 1.82) is 0 Å². The lowest BCUT2D eigenvalue weighted by Gasteiger charge is -2.22. The molecule has 0 bridgehead atoms. The standard InChI is InChI=1S/C28H23BrClFN4O4/c29-20-8-11-24-22(14-20)28(36)34(27(33-24)19-4-2-1-3-5-19)32-15-18-12-23(30)26(25(13-18)35(37)38)39-16-17-6-9-21(31)10-7-17/h6-15,19H,1-5,16H2. The Balaban J connectivity index is 1.52. The van der Waals surface area contributed by atoms with Crippen LogP contribution in [0, 0.1) is 15.9 Å². The first-order chi connectivity index (χ1) is 18.8. The fourth-order valence-corrected chi connectivity index (χ4v) is 5.35. The maximum absolute atomic E-state index is 13.5. The van der Waals surface area contributed by atoms with Crippen molar-refractivity contribution in [3.8, 4) is 5.75 Å². The monoisotopic (exact) mass is 612 g/mol. The van der Waals surface area contributed by atoms with Gasteiger partial charge in [0.2, 0.25) is 5.75 Å². The molecule has 1 aliphatic rings. The van der Waals surface area contributed by atoms with Crippen molar-refractivity contribution in [2.45, 2.75) is 44.6 Å². The molecule has 200 valence electrons. The summed E-state index contributed by atoms with van der Waals surface area (Å²) in [5.74, 6) is 0.147. The van der Waals surface area contributed by atoms with Crippen LogP contribution in [0.3, 0.4) is 0 Å². The molecule has 1 fully saturated rings. The lowest BCUT2D eigenvalue weighted by Crippen LogP contribution is -2.25. The fraction of sp³-hybridized carbons (Fsp3) is 0.250. The highest BCUT2D eigenvalue weighted by Gasteiger charge is 2.23. The van der Waals surface area contributed by atoms with Gasteiger partial charge in [-0.2, -0.15) is 9.78 Å². The first-order valence-corrected chi connectivity index (χ1v) is 13.6. The van der Waals surface area contributed by atoms with Crippen LogP contribution in [0.5, 0.6) is 5.75 Å². The highest BCUT2D eigenvalue weighted by molar-refractivity contribution is 9.10. The molecule has 0 aliphatic heterocycles. The highest BCUT2D eigenvalue weighted by Crippen LogP contribution is 2.37. The Kier molecular flexibility index (Phi) is 8.04. The van der Waals surface area contributed by atoms with Gasteiger partial charge >= 0.3 is 5.69 Å². The van der Waals surface area contributed by atoms with E-state index < -0.39 is 10.7 Å². The minimum atomic E-state index is -0.599. The lowest BCUT2D eigenvalue weighted by atomic mass is 9.88. The van der Waals surface area contributed by atoms with Crippen molar-refractivity contribution >= 4 is 50.3 Å². The van der Waals surface area contributed by atoms with Crippen molar-refractivity contribution in [1.82, 2.24) is 9.66 Å². The Morgan fingerprint density at radius 1 is 1.15 bits per heavy atom. The second-order valence-electron chi connectivity index (χ2n) is 9.35.